The number of carbonyl (C=O) groups excluding carboxylic acids is 1. The van der Waals surface area contributed by atoms with Gasteiger partial charge in [0, 0.05) is 15.9 Å². The third-order valence-corrected chi connectivity index (χ3v) is 2.56. The number of nitrogens with zero attached hydrogens (tertiary/aromatic N) is 1. The lowest BCUT2D eigenvalue weighted by atomic mass is 10.3. The quantitative estimate of drug-likeness (QED) is 0.526. The summed E-state index contributed by atoms with van der Waals surface area (Å²) in [4.78, 5) is 11.3. The Kier molecular flexibility index (Phi) is 3.77. The Hall–Kier alpha value is -1.81. The van der Waals surface area contributed by atoms with Gasteiger partial charge in [0.2, 0.25) is 0 Å². The highest BCUT2D eigenvalue weighted by molar-refractivity contribution is 9.18. The summed E-state index contributed by atoms with van der Waals surface area (Å²) < 4.78 is 0. The maximum Gasteiger partial charge on any atom is 0.312 e. The highest BCUT2D eigenvalue weighted by atomic mass is 79.9. The van der Waals surface area contributed by atoms with Crippen LogP contribution in [0, 0.1) is 0 Å². The third kappa shape index (κ3) is 3.07. The van der Waals surface area contributed by atoms with Gasteiger partial charge < -0.3 is 0 Å². The van der Waals surface area contributed by atoms with Crippen LogP contribution in [0.3, 0.4) is 0 Å². The standard InChI is InChI=1S/C13H11BrN2O/c14-13(17)16(12-9-5-2-6-10-12)15-11-7-3-1-4-8-11/h1-10,15H. The van der Waals surface area contributed by atoms with E-state index in [1.165, 1.54) is 5.01 Å². The molecule has 1 amide bonds. The lowest BCUT2D eigenvalue weighted by molar-refractivity contribution is 0.267. The van der Waals surface area contributed by atoms with E-state index in [1.54, 1.807) is 0 Å². The van der Waals surface area contributed by atoms with E-state index < -0.39 is 0 Å². The first-order chi connectivity index (χ1) is 8.27. The van der Waals surface area contributed by atoms with Crippen molar-refractivity contribution >= 4 is 32.1 Å². The number of hydrogen-bond donors (Lipinski definition) is 1. The van der Waals surface area contributed by atoms with Crippen molar-refractivity contribution in [3.63, 3.8) is 0 Å². The molecule has 0 fully saturated rings. The van der Waals surface area contributed by atoms with Gasteiger partial charge in [-0.1, -0.05) is 36.4 Å². The molecule has 0 saturated carbocycles. The molecule has 0 unspecified atom stereocenters. The molecule has 0 heterocycles. The van der Waals surface area contributed by atoms with E-state index >= 15 is 0 Å². The van der Waals surface area contributed by atoms with Crippen molar-refractivity contribution < 1.29 is 4.79 Å². The minimum Gasteiger partial charge on any atom is -0.291 e. The number of para-hydroxylation sites is 2. The van der Waals surface area contributed by atoms with E-state index in [1.807, 2.05) is 60.7 Å². The minimum atomic E-state index is -0.243. The number of halogens is 1. The molecule has 0 saturated heterocycles. The lowest BCUT2D eigenvalue weighted by Gasteiger charge is -2.21. The average Bonchev–Trinajstić information content (AvgIpc) is 2.38. The summed E-state index contributed by atoms with van der Waals surface area (Å²) in [6.07, 6.45) is 0. The van der Waals surface area contributed by atoms with Crippen molar-refractivity contribution in [2.75, 3.05) is 10.4 Å². The molecule has 0 aliphatic heterocycles. The first-order valence-electron chi connectivity index (χ1n) is 5.14. The average molecular weight is 291 g/mol. The van der Waals surface area contributed by atoms with E-state index in [4.69, 9.17) is 0 Å². The van der Waals surface area contributed by atoms with E-state index in [0.29, 0.717) is 0 Å². The highest BCUT2D eigenvalue weighted by Crippen LogP contribution is 2.18. The van der Waals surface area contributed by atoms with Crippen LogP contribution < -0.4 is 10.4 Å². The number of hydrogen-bond acceptors (Lipinski definition) is 2. The molecule has 0 atom stereocenters. The fraction of sp³-hybridized carbons (Fsp3) is 0. The molecule has 2 aromatic rings. The van der Waals surface area contributed by atoms with Crippen LogP contribution in [-0.2, 0) is 0 Å². The van der Waals surface area contributed by atoms with Crippen LogP contribution in [-0.4, -0.2) is 4.82 Å². The van der Waals surface area contributed by atoms with Gasteiger partial charge in [0.15, 0.2) is 0 Å². The van der Waals surface area contributed by atoms with Gasteiger partial charge >= 0.3 is 4.82 Å². The number of nitrogens with one attached hydrogen (secondary N) is 1. The fourth-order valence-corrected chi connectivity index (χ4v) is 1.72. The first-order valence-corrected chi connectivity index (χ1v) is 5.93. The summed E-state index contributed by atoms with van der Waals surface area (Å²) in [6.45, 7) is 0. The summed E-state index contributed by atoms with van der Waals surface area (Å²) in [6, 6.07) is 18.9. The molecule has 0 aliphatic rings. The molecule has 86 valence electrons. The van der Waals surface area contributed by atoms with Gasteiger partial charge in [0.05, 0.1) is 11.4 Å². The summed E-state index contributed by atoms with van der Waals surface area (Å²) >= 11 is 2.96. The van der Waals surface area contributed by atoms with Crippen LogP contribution in [0.5, 0.6) is 0 Å². The van der Waals surface area contributed by atoms with Crippen molar-refractivity contribution in [3.05, 3.63) is 60.7 Å². The van der Waals surface area contributed by atoms with Gasteiger partial charge in [0.25, 0.3) is 0 Å². The van der Waals surface area contributed by atoms with Gasteiger partial charge in [-0.15, -0.1) is 0 Å². The monoisotopic (exact) mass is 290 g/mol. The Morgan fingerprint density at radius 1 is 0.941 bits per heavy atom. The molecule has 0 aliphatic carbocycles. The van der Waals surface area contributed by atoms with Crippen LogP contribution in [0.1, 0.15) is 0 Å². The van der Waals surface area contributed by atoms with Crippen LogP contribution in [0.2, 0.25) is 0 Å². The zero-order valence-corrected chi connectivity index (χ0v) is 10.6. The molecule has 0 radical (unpaired) electrons. The first kappa shape index (κ1) is 11.7. The smallest absolute Gasteiger partial charge is 0.291 e. The zero-order valence-electron chi connectivity index (χ0n) is 9.01. The Morgan fingerprint density at radius 2 is 1.47 bits per heavy atom. The molecular formula is C13H11BrN2O. The van der Waals surface area contributed by atoms with Gasteiger partial charge in [-0.05, 0) is 24.3 Å². The topological polar surface area (TPSA) is 32.3 Å². The second-order valence-electron chi connectivity index (χ2n) is 3.40. The van der Waals surface area contributed by atoms with E-state index in [0.717, 1.165) is 11.4 Å². The number of anilines is 2. The van der Waals surface area contributed by atoms with Gasteiger partial charge in [-0.25, -0.2) is 5.01 Å². The third-order valence-electron chi connectivity index (χ3n) is 2.20. The van der Waals surface area contributed by atoms with Crippen molar-refractivity contribution in [2.45, 2.75) is 0 Å². The molecule has 1 N–H and O–H groups in total. The van der Waals surface area contributed by atoms with E-state index in [-0.39, 0.29) is 4.82 Å². The van der Waals surface area contributed by atoms with Crippen molar-refractivity contribution in [1.82, 2.24) is 0 Å². The number of amides is 1. The van der Waals surface area contributed by atoms with E-state index in [2.05, 4.69) is 21.4 Å². The fourth-order valence-electron chi connectivity index (χ4n) is 1.43. The number of hydrazine groups is 1. The minimum absolute atomic E-state index is 0.243. The zero-order chi connectivity index (χ0) is 12.1. The normalized spacial score (nSPS) is 9.71. The molecule has 4 heteroatoms. The predicted octanol–water partition coefficient (Wildman–Crippen LogP) is 4.04. The van der Waals surface area contributed by atoms with E-state index in [9.17, 15) is 4.79 Å². The molecule has 0 spiro atoms. The van der Waals surface area contributed by atoms with Gasteiger partial charge in [-0.3, -0.25) is 10.2 Å². The Labute approximate surface area is 108 Å². The van der Waals surface area contributed by atoms with Gasteiger partial charge in [0.1, 0.15) is 0 Å². The van der Waals surface area contributed by atoms with Crippen LogP contribution in [0.15, 0.2) is 60.7 Å². The molecule has 0 bridgehead atoms. The summed E-state index contributed by atoms with van der Waals surface area (Å²) in [5.74, 6) is 0. The Bertz CT molecular complexity index is 487. The maximum absolute atomic E-state index is 11.5. The molecule has 2 aromatic carbocycles. The number of benzene rings is 2. The van der Waals surface area contributed by atoms with Crippen molar-refractivity contribution in [2.24, 2.45) is 0 Å². The maximum atomic E-state index is 11.5. The Morgan fingerprint density at radius 3 is 2.00 bits per heavy atom. The number of rotatable bonds is 3. The van der Waals surface area contributed by atoms with Crippen molar-refractivity contribution in [1.29, 1.82) is 0 Å². The van der Waals surface area contributed by atoms with Crippen LogP contribution in [0.4, 0.5) is 16.2 Å². The second kappa shape index (κ2) is 5.50. The van der Waals surface area contributed by atoms with Crippen molar-refractivity contribution in [3.8, 4) is 0 Å². The Balaban J connectivity index is 2.23. The summed E-state index contributed by atoms with van der Waals surface area (Å²) in [7, 11) is 0. The van der Waals surface area contributed by atoms with Crippen LogP contribution in [0.25, 0.3) is 0 Å². The largest absolute Gasteiger partial charge is 0.312 e. The molecule has 0 aromatic heterocycles. The lowest BCUT2D eigenvalue weighted by Crippen LogP contribution is -2.31. The molecule has 3 nitrogen and oxygen atoms in total. The molecular weight excluding hydrogens is 280 g/mol. The molecule has 17 heavy (non-hydrogen) atoms. The van der Waals surface area contributed by atoms with Crippen LogP contribution >= 0.6 is 15.9 Å². The van der Waals surface area contributed by atoms with Gasteiger partial charge in [-0.2, -0.15) is 0 Å². The highest BCUT2D eigenvalue weighted by Gasteiger charge is 2.11. The second-order valence-corrected chi connectivity index (χ2v) is 4.08. The molecule has 2 rings (SSSR count). The summed E-state index contributed by atoms with van der Waals surface area (Å²) in [5.41, 5.74) is 4.66. The summed E-state index contributed by atoms with van der Waals surface area (Å²) in [5, 5.41) is 1.44. The number of carbonyl (C=O) groups is 1. The SMILES string of the molecule is O=C(Br)N(Nc1ccccc1)c1ccccc1. The predicted molar refractivity (Wildman–Crippen MR) is 73.3 cm³/mol.